The molecule has 0 bridgehead atoms. The number of benzene rings is 2. The summed E-state index contributed by atoms with van der Waals surface area (Å²) in [6.45, 7) is 1.87. The van der Waals surface area contributed by atoms with Crippen molar-refractivity contribution < 1.29 is 17.4 Å². The first-order valence-corrected chi connectivity index (χ1v) is 11.1. The Morgan fingerprint density at radius 1 is 1.17 bits per heavy atom. The van der Waals surface area contributed by atoms with E-state index in [1.165, 1.54) is 30.7 Å². The molecule has 2 aromatic carbocycles. The van der Waals surface area contributed by atoms with Crippen molar-refractivity contribution in [1.82, 2.24) is 9.97 Å². The Hall–Kier alpha value is -3.33. The predicted molar refractivity (Wildman–Crippen MR) is 112 cm³/mol. The summed E-state index contributed by atoms with van der Waals surface area (Å²) in [5.74, 6) is -0.889. The lowest BCUT2D eigenvalue weighted by Crippen LogP contribution is -2.03. The van der Waals surface area contributed by atoms with E-state index in [0.29, 0.717) is 11.3 Å². The lowest BCUT2D eigenvalue weighted by Gasteiger charge is -2.11. The van der Waals surface area contributed by atoms with E-state index in [-0.39, 0.29) is 28.4 Å². The second-order valence-electron chi connectivity index (χ2n) is 7.13. The van der Waals surface area contributed by atoms with E-state index in [9.17, 15) is 13.0 Å². The lowest BCUT2D eigenvalue weighted by molar-refractivity contribution is 0.605. The summed E-state index contributed by atoms with van der Waals surface area (Å²) in [4.78, 5) is 8.24. The maximum Gasteiger partial charge on any atom is 0.227 e. The van der Waals surface area contributed by atoms with Gasteiger partial charge in [0.1, 0.15) is 17.1 Å². The van der Waals surface area contributed by atoms with Crippen LogP contribution in [0.15, 0.2) is 53.3 Å². The van der Waals surface area contributed by atoms with Crippen molar-refractivity contribution >= 4 is 32.3 Å². The smallest absolute Gasteiger partial charge is 0.227 e. The van der Waals surface area contributed by atoms with Crippen molar-refractivity contribution in [2.45, 2.75) is 12.7 Å². The molecule has 154 valence electrons. The molecule has 0 fully saturated rings. The molecule has 0 saturated carbocycles. The minimum absolute atomic E-state index is 0.0249. The normalized spacial score (nSPS) is 13.3. The van der Waals surface area contributed by atoms with Crippen LogP contribution in [-0.2, 0) is 15.5 Å². The summed E-state index contributed by atoms with van der Waals surface area (Å²) in [6, 6.07) is 9.55. The van der Waals surface area contributed by atoms with Gasteiger partial charge in [0, 0.05) is 27.2 Å². The zero-order valence-electron chi connectivity index (χ0n) is 16.2. The van der Waals surface area contributed by atoms with Crippen molar-refractivity contribution in [3.05, 3.63) is 71.6 Å². The van der Waals surface area contributed by atoms with Crippen LogP contribution >= 0.6 is 0 Å². The van der Waals surface area contributed by atoms with Gasteiger partial charge >= 0.3 is 0 Å². The van der Waals surface area contributed by atoms with Crippen LogP contribution in [0.3, 0.4) is 0 Å². The lowest BCUT2D eigenvalue weighted by atomic mass is 10.1. The van der Waals surface area contributed by atoms with E-state index < -0.39 is 21.4 Å². The van der Waals surface area contributed by atoms with Gasteiger partial charge in [0.2, 0.25) is 5.95 Å². The van der Waals surface area contributed by atoms with E-state index in [4.69, 9.17) is 9.20 Å². The Balaban J connectivity index is 1.73. The molecule has 0 aliphatic carbocycles. The number of nitrogens with zero attached hydrogens (tertiary/aromatic N) is 2. The van der Waals surface area contributed by atoms with Gasteiger partial charge < -0.3 is 9.73 Å². The van der Waals surface area contributed by atoms with E-state index >= 15 is 0 Å². The molecule has 4 rings (SSSR count). The number of aryl methyl sites for hydroxylation is 1. The zero-order valence-corrected chi connectivity index (χ0v) is 17.0. The van der Waals surface area contributed by atoms with Gasteiger partial charge in [-0.1, -0.05) is 6.07 Å². The number of aromatic nitrogens is 2. The first kappa shape index (κ1) is 20.0. The third-order valence-corrected chi connectivity index (χ3v) is 5.28. The molecule has 0 radical (unpaired) electrons. The quantitative estimate of drug-likeness (QED) is 0.444. The summed E-state index contributed by atoms with van der Waals surface area (Å²) >= 11 is 0. The standard InChI is InChI=1S/C21H18F2N4O2S/c1-12-7-13(11-30(2,24)28)9-14(8-12)26-21-25-10-18(23)19(27-21)16-3-4-17(22)15-5-6-29-20(15)16/h3-10,24H,11H2,1-2H3,(H,25,26,27). The molecule has 30 heavy (non-hydrogen) atoms. The molecule has 6 nitrogen and oxygen atoms in total. The topological polar surface area (TPSA) is 91.9 Å². The van der Waals surface area contributed by atoms with Crippen molar-refractivity contribution in [1.29, 1.82) is 4.78 Å². The number of nitrogens with one attached hydrogen (secondary N) is 2. The molecule has 2 N–H and O–H groups in total. The summed E-state index contributed by atoms with van der Waals surface area (Å²) in [5.41, 5.74) is 2.74. The minimum Gasteiger partial charge on any atom is -0.464 e. The van der Waals surface area contributed by atoms with Gasteiger partial charge in [0.25, 0.3) is 0 Å². The third kappa shape index (κ3) is 4.16. The average Bonchev–Trinajstić information content (AvgIpc) is 3.13. The average molecular weight is 428 g/mol. The highest BCUT2D eigenvalue weighted by Gasteiger charge is 2.17. The monoisotopic (exact) mass is 428 g/mol. The SMILES string of the molecule is Cc1cc(CS(C)(=N)=O)cc(Nc2ncc(F)c(-c3ccc(F)c4ccoc34)n2)c1. The zero-order chi connectivity index (χ0) is 21.5. The highest BCUT2D eigenvalue weighted by Crippen LogP contribution is 2.32. The van der Waals surface area contributed by atoms with Crippen LogP contribution in [0, 0.1) is 23.3 Å². The minimum atomic E-state index is -2.70. The van der Waals surface area contributed by atoms with Crippen LogP contribution in [0.4, 0.5) is 20.4 Å². The maximum absolute atomic E-state index is 14.5. The third-order valence-electron chi connectivity index (χ3n) is 4.40. The fourth-order valence-electron chi connectivity index (χ4n) is 3.30. The highest BCUT2D eigenvalue weighted by atomic mass is 32.2. The number of halogens is 2. The molecule has 1 atom stereocenters. The molecule has 2 aromatic heterocycles. The van der Waals surface area contributed by atoms with E-state index in [2.05, 4.69) is 15.3 Å². The van der Waals surface area contributed by atoms with Gasteiger partial charge in [-0.3, -0.25) is 4.78 Å². The Morgan fingerprint density at radius 3 is 2.73 bits per heavy atom. The molecule has 2 heterocycles. The van der Waals surface area contributed by atoms with Crippen LogP contribution in [0.5, 0.6) is 0 Å². The Kier molecular flexibility index (Phi) is 4.98. The molecule has 0 aliphatic heterocycles. The molecule has 0 aliphatic rings. The van der Waals surface area contributed by atoms with Gasteiger partial charge in [-0.2, -0.15) is 0 Å². The number of hydrogen-bond acceptors (Lipinski definition) is 6. The molecule has 1 unspecified atom stereocenters. The molecular weight excluding hydrogens is 410 g/mol. The van der Waals surface area contributed by atoms with Gasteiger partial charge in [-0.15, -0.1) is 0 Å². The summed E-state index contributed by atoms with van der Waals surface area (Å²) < 4.78 is 53.3. The van der Waals surface area contributed by atoms with Gasteiger partial charge in [-0.05, 0) is 48.4 Å². The predicted octanol–water partition coefficient (Wildman–Crippen LogP) is 5.40. The number of rotatable bonds is 5. The van der Waals surface area contributed by atoms with Crippen LogP contribution in [-0.4, -0.2) is 20.4 Å². The van der Waals surface area contributed by atoms with Crippen LogP contribution in [0.1, 0.15) is 11.1 Å². The molecule has 0 spiro atoms. The Labute approximate surface area is 172 Å². The first-order valence-electron chi connectivity index (χ1n) is 8.97. The fraction of sp³-hybridized carbons (Fsp3) is 0.143. The van der Waals surface area contributed by atoms with Crippen LogP contribution < -0.4 is 5.32 Å². The Morgan fingerprint density at radius 2 is 1.97 bits per heavy atom. The molecule has 0 amide bonds. The second-order valence-corrected chi connectivity index (χ2v) is 9.43. The number of hydrogen-bond donors (Lipinski definition) is 2. The van der Waals surface area contributed by atoms with Gasteiger partial charge in [0.15, 0.2) is 5.82 Å². The van der Waals surface area contributed by atoms with Crippen molar-refractivity contribution in [3.8, 4) is 11.3 Å². The maximum atomic E-state index is 14.5. The number of fused-ring (bicyclic) bond motifs is 1. The summed E-state index contributed by atoms with van der Waals surface area (Å²) in [5, 5.41) is 3.25. The van der Waals surface area contributed by atoms with Crippen LogP contribution in [0.2, 0.25) is 0 Å². The van der Waals surface area contributed by atoms with Crippen molar-refractivity contribution in [2.75, 3.05) is 11.6 Å². The molecule has 0 saturated heterocycles. The van der Waals surface area contributed by atoms with E-state index in [0.717, 1.165) is 17.3 Å². The largest absolute Gasteiger partial charge is 0.464 e. The second kappa shape index (κ2) is 7.49. The highest BCUT2D eigenvalue weighted by molar-refractivity contribution is 7.90. The van der Waals surface area contributed by atoms with E-state index in [1.807, 2.05) is 19.1 Å². The summed E-state index contributed by atoms with van der Waals surface area (Å²) in [6.07, 6.45) is 3.75. The molecule has 4 aromatic rings. The van der Waals surface area contributed by atoms with Crippen LogP contribution in [0.25, 0.3) is 22.2 Å². The fourth-order valence-corrected chi connectivity index (χ4v) is 4.10. The molecular formula is C21H18F2N4O2S. The van der Waals surface area contributed by atoms with Gasteiger partial charge in [-0.25, -0.2) is 23.0 Å². The number of anilines is 2. The van der Waals surface area contributed by atoms with Crippen molar-refractivity contribution in [3.63, 3.8) is 0 Å². The Bertz CT molecular complexity index is 1370. The first-order chi connectivity index (χ1) is 14.2. The summed E-state index contributed by atoms with van der Waals surface area (Å²) in [7, 11) is -2.70. The van der Waals surface area contributed by atoms with E-state index in [1.54, 1.807) is 6.07 Å². The van der Waals surface area contributed by atoms with Gasteiger partial charge in [0.05, 0.1) is 23.6 Å². The molecule has 9 heteroatoms. The van der Waals surface area contributed by atoms with Crippen molar-refractivity contribution in [2.24, 2.45) is 0 Å². The number of furan rings is 1.